The minimum absolute atomic E-state index is 0.154. The average Bonchev–Trinajstić information content (AvgIpc) is 2.25. The zero-order chi connectivity index (χ0) is 12.5. The Morgan fingerprint density at radius 2 is 2.00 bits per heavy atom. The van der Waals surface area contributed by atoms with Crippen LogP contribution in [-0.4, -0.2) is 11.6 Å². The van der Waals surface area contributed by atoms with Crippen LogP contribution in [0, 0.1) is 5.41 Å². The van der Waals surface area contributed by atoms with E-state index in [4.69, 9.17) is 4.74 Å². The first-order valence-electron chi connectivity index (χ1n) is 5.63. The molecule has 0 fully saturated rings. The zero-order valence-electron chi connectivity index (χ0n) is 10.3. The number of aromatic nitrogens is 1. The number of benzene rings is 1. The first kappa shape index (κ1) is 12.4. The van der Waals surface area contributed by atoms with Gasteiger partial charge in [-0.2, -0.15) is 0 Å². The first-order valence-corrected chi connectivity index (χ1v) is 6.42. The molecular weight excluding hydrogens is 278 g/mol. The minimum Gasteiger partial charge on any atom is -0.492 e. The third kappa shape index (κ3) is 3.19. The van der Waals surface area contributed by atoms with E-state index in [1.54, 1.807) is 6.20 Å². The Morgan fingerprint density at radius 1 is 1.24 bits per heavy atom. The summed E-state index contributed by atoms with van der Waals surface area (Å²) in [6, 6.07) is 7.94. The van der Waals surface area contributed by atoms with Gasteiger partial charge in [0.15, 0.2) is 0 Å². The third-order valence-corrected chi connectivity index (χ3v) is 2.82. The van der Waals surface area contributed by atoms with Crippen molar-refractivity contribution in [2.45, 2.75) is 20.8 Å². The molecule has 0 atom stereocenters. The molecule has 17 heavy (non-hydrogen) atoms. The monoisotopic (exact) mass is 293 g/mol. The lowest BCUT2D eigenvalue weighted by Gasteiger charge is -2.19. The molecule has 1 aromatic carbocycles. The normalized spacial score (nSPS) is 11.8. The van der Waals surface area contributed by atoms with Crippen LogP contribution in [0.1, 0.15) is 20.8 Å². The highest BCUT2D eigenvalue weighted by Gasteiger charge is 2.12. The van der Waals surface area contributed by atoms with Gasteiger partial charge in [0.1, 0.15) is 5.75 Å². The number of pyridine rings is 1. The van der Waals surface area contributed by atoms with E-state index in [9.17, 15) is 0 Å². The second kappa shape index (κ2) is 4.65. The highest BCUT2D eigenvalue weighted by molar-refractivity contribution is 9.10. The van der Waals surface area contributed by atoms with Crippen molar-refractivity contribution in [2.75, 3.05) is 6.61 Å². The first-order chi connectivity index (χ1) is 7.96. The fourth-order valence-corrected chi connectivity index (χ4v) is 1.87. The van der Waals surface area contributed by atoms with Crippen LogP contribution in [0.15, 0.2) is 34.9 Å². The number of nitrogens with zero attached hydrogens (tertiary/aromatic N) is 1. The van der Waals surface area contributed by atoms with Gasteiger partial charge >= 0.3 is 0 Å². The Labute approximate surface area is 110 Å². The summed E-state index contributed by atoms with van der Waals surface area (Å²) in [5, 5.41) is 1.05. The maximum absolute atomic E-state index is 5.88. The number of hydrogen-bond donors (Lipinski definition) is 0. The van der Waals surface area contributed by atoms with E-state index in [1.165, 1.54) is 0 Å². The Morgan fingerprint density at radius 3 is 2.71 bits per heavy atom. The van der Waals surface area contributed by atoms with Gasteiger partial charge in [-0.05, 0) is 29.7 Å². The molecule has 0 saturated heterocycles. The second-order valence-corrected chi connectivity index (χ2v) is 6.24. The molecule has 0 unspecified atom stereocenters. The maximum atomic E-state index is 5.88. The Bertz CT molecular complexity index is 531. The van der Waals surface area contributed by atoms with Crippen molar-refractivity contribution in [3.63, 3.8) is 0 Å². The summed E-state index contributed by atoms with van der Waals surface area (Å²) in [5.41, 5.74) is 1.11. The Hall–Kier alpha value is -1.09. The van der Waals surface area contributed by atoms with Crippen LogP contribution in [-0.2, 0) is 0 Å². The predicted molar refractivity (Wildman–Crippen MR) is 74.4 cm³/mol. The van der Waals surface area contributed by atoms with Gasteiger partial charge in [-0.1, -0.05) is 36.7 Å². The van der Waals surface area contributed by atoms with Gasteiger partial charge in [-0.15, -0.1) is 0 Å². The summed E-state index contributed by atoms with van der Waals surface area (Å²) < 4.78 is 6.92. The molecule has 0 aliphatic carbocycles. The van der Waals surface area contributed by atoms with Crippen molar-refractivity contribution in [1.82, 2.24) is 4.98 Å². The standard InChI is InChI=1S/C14H16BrNO/c1-14(2,3)9-17-13-6-7-16-12-5-4-10(15)8-11(12)13/h4-8H,9H2,1-3H3. The van der Waals surface area contributed by atoms with Gasteiger partial charge in [0.05, 0.1) is 12.1 Å². The largest absolute Gasteiger partial charge is 0.492 e. The maximum Gasteiger partial charge on any atom is 0.130 e. The summed E-state index contributed by atoms with van der Waals surface area (Å²) >= 11 is 3.47. The third-order valence-electron chi connectivity index (χ3n) is 2.32. The molecule has 0 N–H and O–H groups in total. The molecule has 3 heteroatoms. The van der Waals surface area contributed by atoms with Crippen LogP contribution >= 0.6 is 15.9 Å². The second-order valence-electron chi connectivity index (χ2n) is 5.32. The molecule has 0 amide bonds. The van der Waals surface area contributed by atoms with E-state index < -0.39 is 0 Å². The Balaban J connectivity index is 2.36. The molecule has 90 valence electrons. The average molecular weight is 294 g/mol. The Kier molecular flexibility index (Phi) is 3.38. The summed E-state index contributed by atoms with van der Waals surface area (Å²) in [6.45, 7) is 7.17. The van der Waals surface area contributed by atoms with Crippen molar-refractivity contribution in [2.24, 2.45) is 5.41 Å². The lowest BCUT2D eigenvalue weighted by Crippen LogP contribution is -2.17. The van der Waals surface area contributed by atoms with Crippen molar-refractivity contribution in [3.05, 3.63) is 34.9 Å². The van der Waals surface area contributed by atoms with E-state index in [-0.39, 0.29) is 5.41 Å². The molecule has 0 radical (unpaired) electrons. The van der Waals surface area contributed by atoms with Crippen molar-refractivity contribution < 1.29 is 4.74 Å². The van der Waals surface area contributed by atoms with E-state index in [1.807, 2.05) is 24.3 Å². The fourth-order valence-electron chi connectivity index (χ4n) is 1.51. The molecule has 0 aliphatic heterocycles. The fraction of sp³-hybridized carbons (Fsp3) is 0.357. The molecule has 0 bridgehead atoms. The highest BCUT2D eigenvalue weighted by atomic mass is 79.9. The minimum atomic E-state index is 0.154. The molecule has 0 aliphatic rings. The molecule has 1 aromatic heterocycles. The van der Waals surface area contributed by atoms with Gasteiger partial charge in [0, 0.05) is 16.1 Å². The van der Waals surface area contributed by atoms with Crippen molar-refractivity contribution in [1.29, 1.82) is 0 Å². The number of rotatable bonds is 2. The summed E-state index contributed by atoms with van der Waals surface area (Å²) in [6.07, 6.45) is 1.79. The molecule has 0 saturated carbocycles. The number of halogens is 1. The van der Waals surface area contributed by atoms with Crippen molar-refractivity contribution >= 4 is 26.8 Å². The van der Waals surface area contributed by atoms with E-state index >= 15 is 0 Å². The van der Waals surface area contributed by atoms with Crippen LogP contribution in [0.2, 0.25) is 0 Å². The van der Waals surface area contributed by atoms with Crippen LogP contribution in [0.3, 0.4) is 0 Å². The number of fused-ring (bicyclic) bond motifs is 1. The van der Waals surface area contributed by atoms with Gasteiger partial charge in [0.25, 0.3) is 0 Å². The van der Waals surface area contributed by atoms with E-state index in [0.29, 0.717) is 6.61 Å². The number of hydrogen-bond acceptors (Lipinski definition) is 2. The van der Waals surface area contributed by atoms with E-state index in [0.717, 1.165) is 21.1 Å². The van der Waals surface area contributed by atoms with Crippen molar-refractivity contribution in [3.8, 4) is 5.75 Å². The smallest absolute Gasteiger partial charge is 0.130 e. The quantitative estimate of drug-likeness (QED) is 0.818. The summed E-state index contributed by atoms with van der Waals surface area (Å²) in [4.78, 5) is 4.33. The highest BCUT2D eigenvalue weighted by Crippen LogP contribution is 2.28. The van der Waals surface area contributed by atoms with E-state index in [2.05, 4.69) is 41.7 Å². The molecule has 1 heterocycles. The van der Waals surface area contributed by atoms with Crippen LogP contribution < -0.4 is 4.74 Å². The predicted octanol–water partition coefficient (Wildman–Crippen LogP) is 4.42. The van der Waals surface area contributed by atoms with Gasteiger partial charge < -0.3 is 4.74 Å². The topological polar surface area (TPSA) is 22.1 Å². The molecule has 2 aromatic rings. The summed E-state index contributed by atoms with van der Waals surface area (Å²) in [5.74, 6) is 0.895. The van der Waals surface area contributed by atoms with Crippen LogP contribution in [0.5, 0.6) is 5.75 Å². The molecular formula is C14H16BrNO. The van der Waals surface area contributed by atoms with Gasteiger partial charge in [-0.25, -0.2) is 0 Å². The van der Waals surface area contributed by atoms with Gasteiger partial charge in [-0.3, -0.25) is 4.98 Å². The van der Waals surface area contributed by atoms with Crippen LogP contribution in [0.25, 0.3) is 10.9 Å². The van der Waals surface area contributed by atoms with Crippen LogP contribution in [0.4, 0.5) is 0 Å². The molecule has 0 spiro atoms. The lowest BCUT2D eigenvalue weighted by molar-refractivity contribution is 0.200. The molecule has 2 nitrogen and oxygen atoms in total. The lowest BCUT2D eigenvalue weighted by atomic mass is 9.99. The zero-order valence-corrected chi connectivity index (χ0v) is 11.9. The summed E-state index contributed by atoms with van der Waals surface area (Å²) in [7, 11) is 0. The van der Waals surface area contributed by atoms with Gasteiger partial charge in [0.2, 0.25) is 0 Å². The number of ether oxygens (including phenoxy) is 1. The molecule has 2 rings (SSSR count). The SMILES string of the molecule is CC(C)(C)COc1ccnc2ccc(Br)cc12.